The molecule has 0 spiro atoms. The number of para-hydroxylation sites is 2. The lowest BCUT2D eigenvalue weighted by Crippen LogP contribution is -2.33. The van der Waals surface area contributed by atoms with Gasteiger partial charge in [-0.2, -0.15) is 5.26 Å². The van der Waals surface area contributed by atoms with Crippen molar-refractivity contribution in [2.45, 2.75) is 18.2 Å². The molecule has 1 heterocycles. The largest absolute Gasteiger partial charge is 0.482 e. The Hall–Kier alpha value is -3.58. The van der Waals surface area contributed by atoms with Crippen LogP contribution in [-0.4, -0.2) is 33.1 Å². The third-order valence-electron chi connectivity index (χ3n) is 4.07. The monoisotopic (exact) mass is 426 g/mol. The van der Waals surface area contributed by atoms with Gasteiger partial charge in [0.1, 0.15) is 6.61 Å². The minimum atomic E-state index is -0.487. The topological polar surface area (TPSA) is 110 Å². The van der Waals surface area contributed by atoms with Crippen molar-refractivity contribution in [3.05, 3.63) is 66.2 Å². The molecule has 154 valence electrons. The van der Waals surface area contributed by atoms with Gasteiger partial charge in [0, 0.05) is 12.2 Å². The number of rotatable bonds is 9. The first-order chi connectivity index (χ1) is 14.6. The zero-order valence-electron chi connectivity index (χ0n) is 15.9. The predicted octanol–water partition coefficient (Wildman–Crippen LogP) is 2.75. The number of nitrogen functional groups attached to an aromatic ring is 1. The van der Waals surface area contributed by atoms with Crippen LogP contribution in [0.4, 0.5) is 10.1 Å². The number of anilines is 1. The molecule has 0 saturated heterocycles. The number of aromatic nitrogens is 3. The fraction of sp³-hybridized carbons (Fsp3) is 0.200. The zero-order valence-corrected chi connectivity index (χ0v) is 16.8. The number of thioether (sulfide) groups is 1. The fourth-order valence-electron chi connectivity index (χ4n) is 2.58. The summed E-state index contributed by atoms with van der Waals surface area (Å²) in [7, 11) is 0. The van der Waals surface area contributed by atoms with Crippen LogP contribution in [0.15, 0.2) is 59.8 Å². The summed E-state index contributed by atoms with van der Waals surface area (Å²) in [5, 5.41) is 17.1. The Morgan fingerprint density at radius 3 is 2.67 bits per heavy atom. The van der Waals surface area contributed by atoms with Crippen molar-refractivity contribution in [3.63, 3.8) is 0 Å². The molecule has 3 aromatic rings. The maximum absolute atomic E-state index is 13.6. The molecular formula is C20H19FN6O2S. The average Bonchev–Trinajstić information content (AvgIpc) is 3.12. The summed E-state index contributed by atoms with van der Waals surface area (Å²) in [6.07, 6.45) is 0.218. The number of nitriles is 1. The standard InChI is InChI=1S/C20H19FN6O2S/c21-16-9-4-5-10-17(16)29-13-18-24-25-20(27(18)23)30-14-19(28)26(12-6-11-22)15-7-2-1-3-8-15/h1-5,7-10H,6,12-14,23H2. The van der Waals surface area contributed by atoms with E-state index in [-0.39, 0.29) is 42.8 Å². The van der Waals surface area contributed by atoms with Crippen LogP contribution in [-0.2, 0) is 11.4 Å². The molecule has 0 aliphatic rings. The number of amides is 1. The lowest BCUT2D eigenvalue weighted by atomic mass is 10.2. The van der Waals surface area contributed by atoms with Crippen molar-refractivity contribution < 1.29 is 13.9 Å². The predicted molar refractivity (Wildman–Crippen MR) is 111 cm³/mol. The van der Waals surface area contributed by atoms with E-state index in [4.69, 9.17) is 15.8 Å². The molecule has 8 nitrogen and oxygen atoms in total. The molecule has 0 bridgehead atoms. The van der Waals surface area contributed by atoms with Crippen LogP contribution in [0.2, 0.25) is 0 Å². The molecule has 0 radical (unpaired) electrons. The van der Waals surface area contributed by atoms with Gasteiger partial charge in [0.15, 0.2) is 17.4 Å². The van der Waals surface area contributed by atoms with Gasteiger partial charge in [-0.1, -0.05) is 42.1 Å². The van der Waals surface area contributed by atoms with Crippen molar-refractivity contribution in [2.75, 3.05) is 23.0 Å². The van der Waals surface area contributed by atoms with Gasteiger partial charge in [0.25, 0.3) is 0 Å². The number of hydrogen-bond acceptors (Lipinski definition) is 7. The molecule has 1 aromatic heterocycles. The normalized spacial score (nSPS) is 10.4. The number of nitrogens with zero attached hydrogens (tertiary/aromatic N) is 5. The number of benzene rings is 2. The molecule has 0 saturated carbocycles. The minimum absolute atomic E-state index is 0.0594. The van der Waals surface area contributed by atoms with Gasteiger partial charge < -0.3 is 15.5 Å². The minimum Gasteiger partial charge on any atom is -0.482 e. The van der Waals surface area contributed by atoms with E-state index >= 15 is 0 Å². The summed E-state index contributed by atoms with van der Waals surface area (Å²) in [5.74, 6) is 5.75. The Bertz CT molecular complexity index is 1040. The Labute approximate surface area is 177 Å². The molecule has 3 rings (SSSR count). The van der Waals surface area contributed by atoms with E-state index in [0.717, 1.165) is 11.8 Å². The van der Waals surface area contributed by atoms with E-state index in [1.54, 1.807) is 17.0 Å². The van der Waals surface area contributed by atoms with Gasteiger partial charge in [-0.15, -0.1) is 10.2 Å². The molecule has 0 aliphatic carbocycles. The van der Waals surface area contributed by atoms with E-state index in [1.807, 2.05) is 30.3 Å². The Morgan fingerprint density at radius 1 is 1.20 bits per heavy atom. The summed E-state index contributed by atoms with van der Waals surface area (Å²) < 4.78 is 20.2. The number of carbonyl (C=O) groups is 1. The van der Waals surface area contributed by atoms with Gasteiger partial charge in [0.2, 0.25) is 11.1 Å². The highest BCUT2D eigenvalue weighted by Crippen LogP contribution is 2.21. The number of carbonyl (C=O) groups excluding carboxylic acids is 1. The maximum Gasteiger partial charge on any atom is 0.237 e. The molecular weight excluding hydrogens is 407 g/mol. The smallest absolute Gasteiger partial charge is 0.237 e. The van der Waals surface area contributed by atoms with Crippen LogP contribution in [0, 0.1) is 17.1 Å². The van der Waals surface area contributed by atoms with Crippen LogP contribution >= 0.6 is 11.8 Å². The second-order valence-electron chi connectivity index (χ2n) is 6.07. The molecule has 2 aromatic carbocycles. The Morgan fingerprint density at radius 2 is 1.93 bits per heavy atom. The van der Waals surface area contributed by atoms with Crippen molar-refractivity contribution in [3.8, 4) is 11.8 Å². The highest BCUT2D eigenvalue weighted by molar-refractivity contribution is 7.99. The quantitative estimate of drug-likeness (QED) is 0.414. The van der Waals surface area contributed by atoms with Crippen LogP contribution < -0.4 is 15.5 Å². The molecule has 1 amide bonds. The molecule has 10 heteroatoms. The fourth-order valence-corrected chi connectivity index (χ4v) is 3.33. The Balaban J connectivity index is 1.61. The first-order valence-electron chi connectivity index (χ1n) is 9.02. The molecule has 0 aliphatic heterocycles. The molecule has 0 fully saturated rings. The van der Waals surface area contributed by atoms with Crippen molar-refractivity contribution >= 4 is 23.4 Å². The summed E-state index contributed by atoms with van der Waals surface area (Å²) in [6, 6.07) is 17.2. The van der Waals surface area contributed by atoms with Gasteiger partial charge >= 0.3 is 0 Å². The second kappa shape index (κ2) is 10.3. The van der Waals surface area contributed by atoms with E-state index in [0.29, 0.717) is 10.8 Å². The third kappa shape index (κ3) is 5.27. The number of halogens is 1. The third-order valence-corrected chi connectivity index (χ3v) is 5.00. The summed E-state index contributed by atoms with van der Waals surface area (Å²) in [6.45, 7) is 0.216. The van der Waals surface area contributed by atoms with E-state index in [2.05, 4.69) is 16.3 Å². The molecule has 2 N–H and O–H groups in total. The van der Waals surface area contributed by atoms with Crippen LogP contribution in [0.3, 0.4) is 0 Å². The average molecular weight is 426 g/mol. The van der Waals surface area contributed by atoms with Crippen LogP contribution in [0.5, 0.6) is 5.75 Å². The first-order valence-corrected chi connectivity index (χ1v) is 10.0. The van der Waals surface area contributed by atoms with Gasteiger partial charge in [-0.25, -0.2) is 9.07 Å². The number of hydrogen-bond donors (Lipinski definition) is 1. The van der Waals surface area contributed by atoms with E-state index < -0.39 is 5.82 Å². The van der Waals surface area contributed by atoms with Crippen molar-refractivity contribution in [1.29, 1.82) is 5.26 Å². The zero-order chi connectivity index (χ0) is 21.3. The molecule has 30 heavy (non-hydrogen) atoms. The summed E-state index contributed by atoms with van der Waals surface area (Å²) >= 11 is 1.12. The van der Waals surface area contributed by atoms with Crippen LogP contribution in [0.1, 0.15) is 12.2 Å². The number of ether oxygens (including phenoxy) is 1. The van der Waals surface area contributed by atoms with E-state index in [9.17, 15) is 9.18 Å². The maximum atomic E-state index is 13.6. The molecule has 0 atom stereocenters. The highest BCUT2D eigenvalue weighted by atomic mass is 32.2. The molecule has 0 unspecified atom stereocenters. The second-order valence-corrected chi connectivity index (χ2v) is 7.01. The van der Waals surface area contributed by atoms with Crippen LogP contribution in [0.25, 0.3) is 0 Å². The lowest BCUT2D eigenvalue weighted by molar-refractivity contribution is -0.116. The van der Waals surface area contributed by atoms with Crippen molar-refractivity contribution in [1.82, 2.24) is 14.9 Å². The van der Waals surface area contributed by atoms with Gasteiger partial charge in [0.05, 0.1) is 18.2 Å². The SMILES string of the molecule is N#CCCN(C(=O)CSc1nnc(COc2ccccc2F)n1N)c1ccccc1. The highest BCUT2D eigenvalue weighted by Gasteiger charge is 2.18. The summed E-state index contributed by atoms with van der Waals surface area (Å²) in [5.41, 5.74) is 0.714. The van der Waals surface area contributed by atoms with Gasteiger partial charge in [-0.3, -0.25) is 4.79 Å². The number of nitrogens with two attached hydrogens (primary N) is 1. The summed E-state index contributed by atoms with van der Waals surface area (Å²) in [4.78, 5) is 14.3. The Kier molecular flexibility index (Phi) is 7.24. The van der Waals surface area contributed by atoms with Gasteiger partial charge in [-0.05, 0) is 24.3 Å². The first kappa shape index (κ1) is 21.1. The van der Waals surface area contributed by atoms with E-state index in [1.165, 1.54) is 16.8 Å². The van der Waals surface area contributed by atoms with Crippen molar-refractivity contribution in [2.24, 2.45) is 0 Å². The lowest BCUT2D eigenvalue weighted by Gasteiger charge is -2.21.